The van der Waals surface area contributed by atoms with Crippen molar-refractivity contribution in [3.8, 4) is 22.3 Å². The van der Waals surface area contributed by atoms with Crippen LogP contribution < -0.4 is 25.2 Å². The van der Waals surface area contributed by atoms with Gasteiger partial charge in [-0.15, -0.1) is 11.3 Å². The standard InChI is InChI=1S/C48H55F3N8O9S2/c1-29-40(70-28-55-29)31-9-7-30(8-10-31)24-54-42(62)38-22-34(60)26-57(38)43(63)41(46(2,3)4)56-39(61)27-67-18-17-65-15-16-66-19-20-68-35-13-11-32(12-14-35)59-45(69)58(44(64)47(59,5)6)33-21-36(48(49,50)51)37(23-52)53-25-33/h7-14,21,25,28,34,38,41,60H,15-20,22,24,26-27H2,1-6H3,(H,54,62)(H,56,61)/t34-,38+,41?/m1/s1. The lowest BCUT2D eigenvalue weighted by Crippen LogP contribution is -2.58. The number of alkyl halides is 3. The summed E-state index contributed by atoms with van der Waals surface area (Å²) in [5, 5.41) is 25.3. The predicted molar refractivity (Wildman–Crippen MR) is 257 cm³/mol. The van der Waals surface area contributed by atoms with Crippen LogP contribution in [-0.4, -0.2) is 125 Å². The molecule has 3 atom stereocenters. The van der Waals surface area contributed by atoms with Gasteiger partial charge in [0.15, 0.2) is 10.8 Å². The molecule has 0 aliphatic carbocycles. The third kappa shape index (κ3) is 12.8. The molecule has 6 rings (SSSR count). The first kappa shape index (κ1) is 53.3. The molecule has 0 bridgehead atoms. The number of carbonyl (C=O) groups is 4. The summed E-state index contributed by atoms with van der Waals surface area (Å²) in [6.07, 6.45) is -4.70. The van der Waals surface area contributed by atoms with Crippen molar-refractivity contribution in [3.63, 3.8) is 0 Å². The van der Waals surface area contributed by atoms with Crippen molar-refractivity contribution in [3.05, 3.63) is 88.8 Å². The second-order valence-electron chi connectivity index (χ2n) is 18.1. The number of β-amino-alcohol motifs (C(OH)–C–C–N with tert-alkyl or cyclic N) is 1. The summed E-state index contributed by atoms with van der Waals surface area (Å²) in [6.45, 7) is 11.5. The molecule has 70 heavy (non-hydrogen) atoms. The number of carbonyl (C=O) groups excluding carboxylic acids is 4. The molecular weight excluding hydrogens is 954 g/mol. The summed E-state index contributed by atoms with van der Waals surface area (Å²) < 4.78 is 63.4. The van der Waals surface area contributed by atoms with Crippen LogP contribution in [0.1, 0.15) is 63.6 Å². The van der Waals surface area contributed by atoms with Gasteiger partial charge in [0.2, 0.25) is 17.7 Å². The summed E-state index contributed by atoms with van der Waals surface area (Å²) in [6, 6.07) is 14.6. The summed E-state index contributed by atoms with van der Waals surface area (Å²) in [7, 11) is 0. The number of nitrogens with one attached hydrogen (secondary N) is 2. The number of nitriles is 1. The van der Waals surface area contributed by atoms with Gasteiger partial charge in [0.05, 0.1) is 72.7 Å². The van der Waals surface area contributed by atoms with E-state index in [1.165, 1.54) is 15.9 Å². The zero-order valence-electron chi connectivity index (χ0n) is 39.5. The van der Waals surface area contributed by atoms with Gasteiger partial charge in [0.25, 0.3) is 5.91 Å². The number of thiocarbonyl (C=S) groups is 1. The van der Waals surface area contributed by atoms with Gasteiger partial charge in [-0.25, -0.2) is 9.97 Å². The number of hydrogen-bond donors (Lipinski definition) is 3. The number of halogens is 3. The van der Waals surface area contributed by atoms with E-state index in [2.05, 4.69) is 20.6 Å². The number of aromatic nitrogens is 2. The number of nitrogens with zero attached hydrogens (tertiary/aromatic N) is 6. The molecular formula is C48H55F3N8O9S2. The molecule has 4 heterocycles. The highest BCUT2D eigenvalue weighted by Crippen LogP contribution is 2.39. The summed E-state index contributed by atoms with van der Waals surface area (Å²) >= 11 is 7.13. The monoisotopic (exact) mass is 1010 g/mol. The van der Waals surface area contributed by atoms with Crippen LogP contribution >= 0.6 is 23.6 Å². The molecule has 0 saturated carbocycles. The van der Waals surface area contributed by atoms with E-state index < -0.39 is 70.2 Å². The van der Waals surface area contributed by atoms with E-state index >= 15 is 0 Å². The van der Waals surface area contributed by atoms with Gasteiger partial charge >= 0.3 is 6.18 Å². The highest BCUT2D eigenvalue weighted by molar-refractivity contribution is 7.81. The van der Waals surface area contributed by atoms with Crippen molar-refractivity contribution in [2.24, 2.45) is 5.41 Å². The molecule has 0 spiro atoms. The number of aryl methyl sites for hydroxylation is 1. The van der Waals surface area contributed by atoms with E-state index in [4.69, 9.17) is 36.4 Å². The molecule has 17 nitrogen and oxygen atoms in total. The van der Waals surface area contributed by atoms with Crippen LogP contribution in [0.2, 0.25) is 0 Å². The molecule has 4 amide bonds. The Morgan fingerprint density at radius 1 is 0.971 bits per heavy atom. The minimum Gasteiger partial charge on any atom is -0.491 e. The fourth-order valence-electron chi connectivity index (χ4n) is 7.83. The molecule has 2 aromatic carbocycles. The number of aliphatic hydroxyl groups excluding tert-OH is 1. The summed E-state index contributed by atoms with van der Waals surface area (Å²) in [5.41, 5.74) is 0.815. The summed E-state index contributed by atoms with van der Waals surface area (Å²) in [5.74, 6) is -1.51. The Morgan fingerprint density at radius 3 is 2.21 bits per heavy atom. The van der Waals surface area contributed by atoms with E-state index in [9.17, 15) is 37.5 Å². The largest absolute Gasteiger partial charge is 0.491 e. The summed E-state index contributed by atoms with van der Waals surface area (Å²) in [4.78, 5) is 66.6. The van der Waals surface area contributed by atoms with Crippen molar-refractivity contribution >= 4 is 63.7 Å². The molecule has 2 aliphatic rings. The molecule has 2 saturated heterocycles. The van der Waals surface area contributed by atoms with Gasteiger partial charge in [-0.2, -0.15) is 18.4 Å². The van der Waals surface area contributed by atoms with Crippen LogP contribution in [0.5, 0.6) is 5.75 Å². The molecule has 374 valence electrons. The van der Waals surface area contributed by atoms with Crippen molar-refractivity contribution < 1.29 is 56.4 Å². The zero-order valence-corrected chi connectivity index (χ0v) is 41.1. The lowest BCUT2D eigenvalue weighted by Gasteiger charge is -2.35. The number of rotatable bonds is 20. The first-order chi connectivity index (χ1) is 33.1. The highest BCUT2D eigenvalue weighted by atomic mass is 32.1. The van der Waals surface area contributed by atoms with Crippen LogP contribution in [0.15, 0.2) is 66.3 Å². The number of aliphatic hydroxyl groups is 1. The van der Waals surface area contributed by atoms with Crippen LogP contribution in [0.3, 0.4) is 0 Å². The van der Waals surface area contributed by atoms with Gasteiger partial charge in [-0.1, -0.05) is 45.0 Å². The average Bonchev–Trinajstić information content (AvgIpc) is 3.98. The Kier molecular flexibility index (Phi) is 17.3. The van der Waals surface area contributed by atoms with E-state index in [-0.39, 0.29) is 76.6 Å². The molecule has 2 fully saturated rings. The number of hydrogen-bond acceptors (Lipinski definition) is 14. The number of likely N-dealkylation sites (tertiary alicyclic amines) is 1. The van der Waals surface area contributed by atoms with E-state index in [0.717, 1.165) is 32.8 Å². The lowest BCUT2D eigenvalue weighted by molar-refractivity contribution is -0.144. The molecule has 2 aromatic heterocycles. The highest BCUT2D eigenvalue weighted by Gasteiger charge is 2.51. The molecule has 4 aromatic rings. The zero-order chi connectivity index (χ0) is 51.0. The van der Waals surface area contributed by atoms with E-state index in [1.54, 1.807) is 75.7 Å². The Morgan fingerprint density at radius 2 is 1.61 bits per heavy atom. The molecule has 2 aliphatic heterocycles. The maximum Gasteiger partial charge on any atom is 0.419 e. The molecule has 1 unspecified atom stereocenters. The Bertz CT molecular complexity index is 2570. The number of benzene rings is 2. The number of thiazole rings is 1. The molecule has 22 heteroatoms. The Balaban J connectivity index is 0.867. The normalized spacial score (nSPS) is 17.4. The first-order valence-corrected chi connectivity index (χ1v) is 23.6. The molecule has 0 radical (unpaired) electrons. The van der Waals surface area contributed by atoms with Crippen molar-refractivity contribution in [2.45, 2.75) is 84.4 Å². The van der Waals surface area contributed by atoms with E-state index in [1.807, 2.05) is 31.2 Å². The van der Waals surface area contributed by atoms with Crippen LogP contribution in [0.4, 0.5) is 24.5 Å². The van der Waals surface area contributed by atoms with Crippen LogP contribution in [0, 0.1) is 23.7 Å². The minimum atomic E-state index is -4.87. The SMILES string of the molecule is Cc1ncsc1-c1ccc(CNC(=O)[C@@H]2C[C@@H](O)CN2C(=O)C(NC(=O)COCCOCCOCCOc2ccc(N3C(=S)N(c4cnc(C#N)c(C(F)(F)F)c4)C(=O)C3(C)C)cc2)C(C)(C)C)cc1. The number of ether oxygens (including phenoxy) is 4. The van der Waals surface area contributed by atoms with E-state index in [0.29, 0.717) is 17.5 Å². The fourth-order valence-corrected chi connectivity index (χ4v) is 9.17. The van der Waals surface area contributed by atoms with Gasteiger partial charge < -0.3 is 44.5 Å². The topological polar surface area (TPSA) is 209 Å². The smallest absolute Gasteiger partial charge is 0.419 e. The van der Waals surface area contributed by atoms with Crippen LogP contribution in [0.25, 0.3) is 10.4 Å². The number of amides is 4. The van der Waals surface area contributed by atoms with Gasteiger partial charge in [-0.3, -0.25) is 24.1 Å². The maximum atomic E-state index is 13.9. The number of anilines is 2. The van der Waals surface area contributed by atoms with Gasteiger partial charge in [-0.05, 0) is 79.9 Å². The third-order valence-electron chi connectivity index (χ3n) is 11.5. The maximum absolute atomic E-state index is 13.9. The quantitative estimate of drug-likeness (QED) is 0.0732. The van der Waals surface area contributed by atoms with Crippen molar-refractivity contribution in [1.29, 1.82) is 5.26 Å². The number of pyridine rings is 1. The Labute approximate surface area is 412 Å². The fraction of sp³-hybridized carbons (Fsp3) is 0.458. The van der Waals surface area contributed by atoms with Gasteiger partial charge in [0, 0.05) is 25.2 Å². The van der Waals surface area contributed by atoms with Crippen molar-refractivity contribution in [1.82, 2.24) is 25.5 Å². The van der Waals surface area contributed by atoms with Crippen LogP contribution in [-0.2, 0) is 46.1 Å². The minimum absolute atomic E-state index is 0.0490. The molecule has 3 N–H and O–H groups in total. The lowest BCUT2D eigenvalue weighted by atomic mass is 9.85. The van der Waals surface area contributed by atoms with Crippen molar-refractivity contribution in [2.75, 3.05) is 62.6 Å². The average molecular weight is 1010 g/mol. The third-order valence-corrected chi connectivity index (χ3v) is 12.8. The predicted octanol–water partition coefficient (Wildman–Crippen LogP) is 5.56. The second kappa shape index (κ2) is 22.8. The second-order valence-corrected chi connectivity index (χ2v) is 19.3. The Hall–Kier alpha value is -6.09. The van der Waals surface area contributed by atoms with Gasteiger partial charge in [0.1, 0.15) is 42.7 Å². The first-order valence-electron chi connectivity index (χ1n) is 22.3.